The highest BCUT2D eigenvalue weighted by Crippen LogP contribution is 2.40. The number of likely N-dealkylation sites (tertiary alicyclic amines) is 1. The van der Waals surface area contributed by atoms with Crippen LogP contribution < -0.4 is 14.2 Å². The number of nitrogens with zero attached hydrogens (tertiary/aromatic N) is 1. The predicted molar refractivity (Wildman–Crippen MR) is 141 cm³/mol. The second-order valence-electron chi connectivity index (χ2n) is 9.05. The molecule has 1 fully saturated rings. The number of ether oxygens (including phenoxy) is 3. The van der Waals surface area contributed by atoms with Crippen molar-refractivity contribution in [2.24, 2.45) is 0 Å². The Balaban J connectivity index is 1.71. The van der Waals surface area contributed by atoms with Gasteiger partial charge in [-0.1, -0.05) is 24.3 Å². The summed E-state index contributed by atoms with van der Waals surface area (Å²) in [6, 6.07) is 20.8. The summed E-state index contributed by atoms with van der Waals surface area (Å²) in [5.41, 5.74) is 2.19. The van der Waals surface area contributed by atoms with Gasteiger partial charge >= 0.3 is 0 Å². The molecule has 0 aliphatic carbocycles. The molecule has 3 aromatic carbocycles. The van der Waals surface area contributed by atoms with Crippen molar-refractivity contribution < 1.29 is 28.9 Å². The molecule has 1 amide bonds. The summed E-state index contributed by atoms with van der Waals surface area (Å²) in [5.74, 6) is 0.471. The number of hydrogen-bond acceptors (Lipinski definition) is 6. The van der Waals surface area contributed by atoms with Gasteiger partial charge in [-0.2, -0.15) is 0 Å². The van der Waals surface area contributed by atoms with Crippen molar-refractivity contribution in [2.45, 2.75) is 32.4 Å². The summed E-state index contributed by atoms with van der Waals surface area (Å²) in [7, 11) is 3.18. The zero-order valence-corrected chi connectivity index (χ0v) is 21.4. The SMILES string of the molecule is COc1ccc(CCN2C(=O)C(=O)/C(=C(\O)c3ccc(OC(C)C)cc3)C2c2ccc(OC)cc2)cc1. The maximum Gasteiger partial charge on any atom is 0.295 e. The molecule has 1 aliphatic rings. The van der Waals surface area contributed by atoms with Gasteiger partial charge in [-0.25, -0.2) is 0 Å². The van der Waals surface area contributed by atoms with Crippen LogP contribution >= 0.6 is 0 Å². The van der Waals surface area contributed by atoms with Gasteiger partial charge in [0.1, 0.15) is 23.0 Å². The van der Waals surface area contributed by atoms with E-state index in [4.69, 9.17) is 14.2 Å². The van der Waals surface area contributed by atoms with E-state index in [2.05, 4.69) is 0 Å². The molecule has 7 heteroatoms. The highest BCUT2D eigenvalue weighted by atomic mass is 16.5. The van der Waals surface area contributed by atoms with Gasteiger partial charge in [0.25, 0.3) is 11.7 Å². The van der Waals surface area contributed by atoms with Crippen LogP contribution in [-0.4, -0.2) is 48.6 Å². The van der Waals surface area contributed by atoms with E-state index >= 15 is 0 Å². The van der Waals surface area contributed by atoms with Crippen LogP contribution in [0.4, 0.5) is 0 Å². The molecule has 3 aromatic rings. The third-order valence-corrected chi connectivity index (χ3v) is 6.27. The van der Waals surface area contributed by atoms with E-state index in [0.29, 0.717) is 35.6 Å². The molecule has 1 unspecified atom stereocenters. The molecular weight excluding hydrogens is 470 g/mol. The maximum atomic E-state index is 13.3. The number of benzene rings is 3. The third-order valence-electron chi connectivity index (χ3n) is 6.27. The number of rotatable bonds is 9. The van der Waals surface area contributed by atoms with Crippen molar-refractivity contribution >= 4 is 17.4 Å². The highest BCUT2D eigenvalue weighted by molar-refractivity contribution is 6.46. The van der Waals surface area contributed by atoms with Gasteiger partial charge in [0.2, 0.25) is 0 Å². The molecule has 1 N–H and O–H groups in total. The lowest BCUT2D eigenvalue weighted by molar-refractivity contribution is -0.139. The number of ketones is 1. The van der Waals surface area contributed by atoms with Crippen LogP contribution in [0.1, 0.15) is 36.6 Å². The molecule has 1 aliphatic heterocycles. The van der Waals surface area contributed by atoms with Crippen molar-refractivity contribution in [1.29, 1.82) is 0 Å². The lowest BCUT2D eigenvalue weighted by Gasteiger charge is -2.25. The number of Topliss-reactive ketones (excluding diaryl/α,β-unsaturated/α-hetero) is 1. The molecular formula is C30H31NO6. The number of hydrogen-bond donors (Lipinski definition) is 1. The Bertz CT molecular complexity index is 1280. The average Bonchev–Trinajstić information content (AvgIpc) is 3.17. The molecule has 4 rings (SSSR count). The van der Waals surface area contributed by atoms with Crippen molar-refractivity contribution in [1.82, 2.24) is 4.90 Å². The van der Waals surface area contributed by atoms with Crippen LogP contribution in [-0.2, 0) is 16.0 Å². The summed E-state index contributed by atoms with van der Waals surface area (Å²) in [4.78, 5) is 28.0. The second kappa shape index (κ2) is 11.2. The predicted octanol–water partition coefficient (Wildman–Crippen LogP) is 5.16. The third kappa shape index (κ3) is 5.61. The molecule has 0 radical (unpaired) electrons. The van der Waals surface area contributed by atoms with E-state index in [1.165, 1.54) is 4.90 Å². The van der Waals surface area contributed by atoms with Crippen LogP contribution in [0.5, 0.6) is 17.2 Å². The Morgan fingerprint density at radius 3 is 1.92 bits per heavy atom. The molecule has 1 saturated heterocycles. The lowest BCUT2D eigenvalue weighted by atomic mass is 9.95. The van der Waals surface area contributed by atoms with Gasteiger partial charge in [-0.3, -0.25) is 9.59 Å². The fourth-order valence-corrected chi connectivity index (χ4v) is 4.40. The zero-order valence-electron chi connectivity index (χ0n) is 21.4. The Labute approximate surface area is 216 Å². The summed E-state index contributed by atoms with van der Waals surface area (Å²) >= 11 is 0. The number of amides is 1. The van der Waals surface area contributed by atoms with Gasteiger partial charge in [0.15, 0.2) is 0 Å². The minimum atomic E-state index is -0.740. The lowest BCUT2D eigenvalue weighted by Crippen LogP contribution is -2.31. The number of carbonyl (C=O) groups is 2. The Morgan fingerprint density at radius 2 is 1.38 bits per heavy atom. The van der Waals surface area contributed by atoms with Crippen LogP contribution in [0.3, 0.4) is 0 Å². The van der Waals surface area contributed by atoms with Crippen molar-refractivity contribution in [3.8, 4) is 17.2 Å². The van der Waals surface area contributed by atoms with Gasteiger partial charge in [0, 0.05) is 12.1 Å². The van der Waals surface area contributed by atoms with Crippen LogP contribution in [0.15, 0.2) is 78.4 Å². The quantitative estimate of drug-likeness (QED) is 0.248. The highest BCUT2D eigenvalue weighted by Gasteiger charge is 2.45. The standard InChI is InChI=1S/C30H31NO6/c1-19(2)37-25-15-9-22(10-16-25)28(32)26-27(21-7-13-24(36-4)14-8-21)31(30(34)29(26)33)18-17-20-5-11-23(35-3)12-6-20/h5-16,19,27,32H,17-18H2,1-4H3/b28-26-. The van der Waals surface area contributed by atoms with Crippen LogP contribution in [0.2, 0.25) is 0 Å². The second-order valence-corrected chi connectivity index (χ2v) is 9.05. The Kier molecular flexibility index (Phi) is 7.82. The van der Waals surface area contributed by atoms with Crippen molar-refractivity contribution in [3.05, 3.63) is 95.1 Å². The first-order valence-electron chi connectivity index (χ1n) is 12.1. The smallest absolute Gasteiger partial charge is 0.295 e. The average molecular weight is 502 g/mol. The molecule has 37 heavy (non-hydrogen) atoms. The minimum Gasteiger partial charge on any atom is -0.507 e. The molecule has 7 nitrogen and oxygen atoms in total. The number of methoxy groups -OCH3 is 2. The molecule has 1 atom stereocenters. The number of aliphatic hydroxyl groups excluding tert-OH is 1. The van der Waals surface area contributed by atoms with E-state index in [1.54, 1.807) is 50.6 Å². The molecule has 192 valence electrons. The van der Waals surface area contributed by atoms with Gasteiger partial charge < -0.3 is 24.2 Å². The van der Waals surface area contributed by atoms with E-state index < -0.39 is 17.7 Å². The molecule has 1 heterocycles. The van der Waals surface area contributed by atoms with E-state index in [1.807, 2.05) is 50.2 Å². The van der Waals surface area contributed by atoms with Crippen LogP contribution in [0, 0.1) is 0 Å². The number of aliphatic hydroxyl groups is 1. The maximum absolute atomic E-state index is 13.3. The first-order valence-corrected chi connectivity index (χ1v) is 12.1. The van der Waals surface area contributed by atoms with Crippen molar-refractivity contribution in [3.63, 3.8) is 0 Å². The molecule has 0 spiro atoms. The first kappa shape index (κ1) is 25.8. The Morgan fingerprint density at radius 1 is 0.838 bits per heavy atom. The molecule has 0 bridgehead atoms. The summed E-state index contributed by atoms with van der Waals surface area (Å²) in [6.07, 6.45) is 0.538. The summed E-state index contributed by atoms with van der Waals surface area (Å²) < 4.78 is 16.2. The fourth-order valence-electron chi connectivity index (χ4n) is 4.40. The van der Waals surface area contributed by atoms with Crippen LogP contribution in [0.25, 0.3) is 5.76 Å². The monoisotopic (exact) mass is 501 g/mol. The van der Waals surface area contributed by atoms with Gasteiger partial charge in [-0.05, 0) is 79.9 Å². The van der Waals surface area contributed by atoms with Crippen molar-refractivity contribution in [2.75, 3.05) is 20.8 Å². The number of carbonyl (C=O) groups excluding carboxylic acids is 2. The topological polar surface area (TPSA) is 85.3 Å². The van der Waals surface area contributed by atoms with E-state index in [0.717, 1.165) is 11.3 Å². The normalized spacial score (nSPS) is 16.8. The molecule has 0 saturated carbocycles. The summed E-state index contributed by atoms with van der Waals surface area (Å²) in [6.45, 7) is 4.15. The molecule has 0 aromatic heterocycles. The first-order chi connectivity index (χ1) is 17.8. The zero-order chi connectivity index (χ0) is 26.5. The van der Waals surface area contributed by atoms with E-state index in [9.17, 15) is 14.7 Å². The van der Waals surface area contributed by atoms with Gasteiger partial charge in [-0.15, -0.1) is 0 Å². The van der Waals surface area contributed by atoms with Gasteiger partial charge in [0.05, 0.1) is 31.9 Å². The summed E-state index contributed by atoms with van der Waals surface area (Å²) in [5, 5.41) is 11.3. The largest absolute Gasteiger partial charge is 0.507 e. The Hall–Kier alpha value is -4.26. The van der Waals surface area contributed by atoms with E-state index in [-0.39, 0.29) is 17.4 Å². The fraction of sp³-hybridized carbons (Fsp3) is 0.267. The minimum absolute atomic E-state index is 0.00513.